The fourth-order valence-corrected chi connectivity index (χ4v) is 3.55. The Labute approximate surface area is 140 Å². The Morgan fingerprint density at radius 2 is 1.75 bits per heavy atom. The number of ketones is 1. The fourth-order valence-electron chi connectivity index (χ4n) is 3.55. The number of hydrogen-bond donors (Lipinski definition) is 1. The first kappa shape index (κ1) is 16.4. The van der Waals surface area contributed by atoms with Crippen molar-refractivity contribution in [3.63, 3.8) is 0 Å². The van der Waals surface area contributed by atoms with Crippen molar-refractivity contribution in [2.75, 3.05) is 11.9 Å². The number of carbonyl (C=O) groups is 4. The molecule has 1 aromatic rings. The van der Waals surface area contributed by atoms with E-state index in [1.165, 1.54) is 6.92 Å². The predicted molar refractivity (Wildman–Crippen MR) is 87.2 cm³/mol. The van der Waals surface area contributed by atoms with Crippen molar-refractivity contribution in [2.24, 2.45) is 11.8 Å². The molecule has 1 aliphatic carbocycles. The van der Waals surface area contributed by atoms with Gasteiger partial charge in [0.15, 0.2) is 5.78 Å². The van der Waals surface area contributed by atoms with E-state index in [0.717, 1.165) is 30.6 Å². The maximum atomic E-state index is 12.4. The molecule has 1 saturated heterocycles. The van der Waals surface area contributed by atoms with Gasteiger partial charge < -0.3 is 5.32 Å². The van der Waals surface area contributed by atoms with Crippen molar-refractivity contribution in [3.8, 4) is 0 Å². The number of Topliss-reactive ketones (excluding diaryl/α,β-unsaturated/α-hetero) is 1. The van der Waals surface area contributed by atoms with Crippen LogP contribution < -0.4 is 5.32 Å². The summed E-state index contributed by atoms with van der Waals surface area (Å²) in [5.41, 5.74) is 0.969. The topological polar surface area (TPSA) is 83.6 Å². The second kappa shape index (κ2) is 6.55. The van der Waals surface area contributed by atoms with Crippen LogP contribution in [0.4, 0.5) is 5.69 Å². The third-order valence-electron chi connectivity index (χ3n) is 4.79. The van der Waals surface area contributed by atoms with Crippen molar-refractivity contribution in [1.82, 2.24) is 4.90 Å². The number of imide groups is 1. The minimum atomic E-state index is -0.434. The van der Waals surface area contributed by atoms with E-state index in [0.29, 0.717) is 11.3 Å². The van der Waals surface area contributed by atoms with Crippen LogP contribution in [-0.2, 0) is 14.4 Å². The number of nitrogens with zero attached hydrogens (tertiary/aromatic N) is 1. The molecule has 0 aromatic heterocycles. The third kappa shape index (κ3) is 3.09. The van der Waals surface area contributed by atoms with Crippen molar-refractivity contribution >= 4 is 29.2 Å². The highest BCUT2D eigenvalue weighted by molar-refractivity contribution is 6.08. The quantitative estimate of drug-likeness (QED) is 0.677. The van der Waals surface area contributed by atoms with Crippen LogP contribution in [-0.4, -0.2) is 34.9 Å². The molecule has 1 saturated carbocycles. The van der Waals surface area contributed by atoms with E-state index in [2.05, 4.69) is 5.32 Å². The van der Waals surface area contributed by atoms with Gasteiger partial charge in [0.2, 0.25) is 17.7 Å². The van der Waals surface area contributed by atoms with E-state index >= 15 is 0 Å². The Kier molecular flexibility index (Phi) is 4.46. The van der Waals surface area contributed by atoms with Gasteiger partial charge in [0.05, 0.1) is 11.8 Å². The molecule has 6 nitrogen and oxygen atoms in total. The largest absolute Gasteiger partial charge is 0.325 e. The van der Waals surface area contributed by atoms with Gasteiger partial charge in [-0.1, -0.05) is 25.0 Å². The number of benzene rings is 1. The normalized spacial score (nSPS) is 23.1. The summed E-state index contributed by atoms with van der Waals surface area (Å²) in [6, 6.07) is 6.58. The third-order valence-corrected chi connectivity index (χ3v) is 4.79. The molecule has 0 spiro atoms. The Morgan fingerprint density at radius 3 is 2.33 bits per heavy atom. The minimum Gasteiger partial charge on any atom is -0.325 e. The average molecular weight is 328 g/mol. The second-order valence-electron chi connectivity index (χ2n) is 6.45. The van der Waals surface area contributed by atoms with Gasteiger partial charge in [-0.25, -0.2) is 0 Å². The SMILES string of the molecule is CC(=O)c1cccc(NC(=O)CN2C(=O)C3CCCCC3C2=O)c1. The maximum Gasteiger partial charge on any atom is 0.244 e. The first-order chi connectivity index (χ1) is 11.5. The van der Waals surface area contributed by atoms with Gasteiger partial charge in [-0.15, -0.1) is 0 Å². The number of rotatable bonds is 4. The Bertz CT molecular complexity index is 689. The van der Waals surface area contributed by atoms with Crippen molar-refractivity contribution in [1.29, 1.82) is 0 Å². The first-order valence-electron chi connectivity index (χ1n) is 8.23. The van der Waals surface area contributed by atoms with E-state index in [9.17, 15) is 19.2 Å². The zero-order chi connectivity index (χ0) is 17.3. The summed E-state index contributed by atoms with van der Waals surface area (Å²) in [5, 5.41) is 2.65. The van der Waals surface area contributed by atoms with Gasteiger partial charge >= 0.3 is 0 Å². The highest BCUT2D eigenvalue weighted by Gasteiger charge is 2.48. The highest BCUT2D eigenvalue weighted by atomic mass is 16.2. The summed E-state index contributed by atoms with van der Waals surface area (Å²) in [6.45, 7) is 1.18. The monoisotopic (exact) mass is 328 g/mol. The number of fused-ring (bicyclic) bond motifs is 1. The summed E-state index contributed by atoms with van der Waals surface area (Å²) < 4.78 is 0. The van der Waals surface area contributed by atoms with Crippen LogP contribution >= 0.6 is 0 Å². The molecule has 2 fully saturated rings. The zero-order valence-electron chi connectivity index (χ0n) is 13.6. The molecule has 126 valence electrons. The Hall–Kier alpha value is -2.50. The number of nitrogens with one attached hydrogen (secondary N) is 1. The van der Waals surface area contributed by atoms with Crippen LogP contribution in [0.3, 0.4) is 0 Å². The van der Waals surface area contributed by atoms with Gasteiger partial charge in [-0.2, -0.15) is 0 Å². The van der Waals surface area contributed by atoms with Gasteiger partial charge in [0.25, 0.3) is 0 Å². The highest BCUT2D eigenvalue weighted by Crippen LogP contribution is 2.37. The Balaban J connectivity index is 1.66. The first-order valence-corrected chi connectivity index (χ1v) is 8.23. The molecular formula is C18H20N2O4. The molecule has 2 aliphatic rings. The lowest BCUT2D eigenvalue weighted by atomic mass is 9.81. The lowest BCUT2D eigenvalue weighted by molar-refractivity contribution is -0.142. The molecule has 3 rings (SSSR count). The van der Waals surface area contributed by atoms with E-state index in [1.54, 1.807) is 24.3 Å². The molecule has 1 heterocycles. The average Bonchev–Trinajstić information content (AvgIpc) is 2.80. The van der Waals surface area contributed by atoms with Crippen LogP contribution in [0, 0.1) is 11.8 Å². The summed E-state index contributed by atoms with van der Waals surface area (Å²) in [4.78, 5) is 49.4. The van der Waals surface area contributed by atoms with Gasteiger partial charge in [-0.3, -0.25) is 24.1 Å². The van der Waals surface area contributed by atoms with Crippen LogP contribution in [0.15, 0.2) is 24.3 Å². The summed E-state index contributed by atoms with van der Waals surface area (Å²) >= 11 is 0. The molecule has 24 heavy (non-hydrogen) atoms. The molecule has 2 unspecified atom stereocenters. The molecular weight excluding hydrogens is 308 g/mol. The molecule has 6 heteroatoms. The lowest BCUT2D eigenvalue weighted by Gasteiger charge is -2.19. The molecule has 3 amide bonds. The molecule has 2 atom stereocenters. The standard InChI is InChI=1S/C18H20N2O4/c1-11(21)12-5-4-6-13(9-12)19-16(22)10-20-17(23)14-7-2-3-8-15(14)18(20)24/h4-6,9,14-15H,2-3,7-8,10H2,1H3,(H,19,22). The van der Waals surface area contributed by atoms with Crippen molar-refractivity contribution in [3.05, 3.63) is 29.8 Å². The number of hydrogen-bond acceptors (Lipinski definition) is 4. The van der Waals surface area contributed by atoms with Gasteiger partial charge in [-0.05, 0) is 31.9 Å². The van der Waals surface area contributed by atoms with Crippen molar-refractivity contribution < 1.29 is 19.2 Å². The van der Waals surface area contributed by atoms with E-state index in [-0.39, 0.29) is 36.0 Å². The summed E-state index contributed by atoms with van der Waals surface area (Å²) in [7, 11) is 0. The fraction of sp³-hybridized carbons (Fsp3) is 0.444. The summed E-state index contributed by atoms with van der Waals surface area (Å²) in [5.74, 6) is -1.48. The predicted octanol–water partition coefficient (Wildman–Crippen LogP) is 2.00. The molecule has 0 radical (unpaired) electrons. The van der Waals surface area contributed by atoms with Gasteiger partial charge in [0, 0.05) is 11.3 Å². The van der Waals surface area contributed by atoms with E-state index in [4.69, 9.17) is 0 Å². The van der Waals surface area contributed by atoms with Crippen LogP contribution in [0.5, 0.6) is 0 Å². The van der Waals surface area contributed by atoms with Gasteiger partial charge in [0.1, 0.15) is 6.54 Å². The number of carbonyl (C=O) groups excluding carboxylic acids is 4. The van der Waals surface area contributed by atoms with Crippen LogP contribution in [0.2, 0.25) is 0 Å². The second-order valence-corrected chi connectivity index (χ2v) is 6.45. The Morgan fingerprint density at radius 1 is 1.12 bits per heavy atom. The van der Waals surface area contributed by atoms with E-state index < -0.39 is 5.91 Å². The van der Waals surface area contributed by atoms with Crippen molar-refractivity contribution in [2.45, 2.75) is 32.6 Å². The molecule has 1 aliphatic heterocycles. The number of anilines is 1. The number of likely N-dealkylation sites (tertiary alicyclic amines) is 1. The van der Waals surface area contributed by atoms with E-state index in [1.807, 2.05) is 0 Å². The van der Waals surface area contributed by atoms with Crippen LogP contribution in [0.1, 0.15) is 43.0 Å². The lowest BCUT2D eigenvalue weighted by Crippen LogP contribution is -2.38. The maximum absolute atomic E-state index is 12.4. The molecule has 1 aromatic carbocycles. The minimum absolute atomic E-state index is 0.0972. The smallest absolute Gasteiger partial charge is 0.244 e. The number of amides is 3. The zero-order valence-corrected chi connectivity index (χ0v) is 13.6. The van der Waals surface area contributed by atoms with Crippen LogP contribution in [0.25, 0.3) is 0 Å². The molecule has 0 bridgehead atoms. The summed E-state index contributed by atoms with van der Waals surface area (Å²) in [6.07, 6.45) is 3.37. The molecule has 1 N–H and O–H groups in total.